The number of hydrogen-bond donors (Lipinski definition) is 0. The van der Waals surface area contributed by atoms with Crippen LogP contribution >= 0.6 is 0 Å². The van der Waals surface area contributed by atoms with Gasteiger partial charge in [0.2, 0.25) is 0 Å². The van der Waals surface area contributed by atoms with E-state index in [1.807, 2.05) is 43.0 Å². The van der Waals surface area contributed by atoms with Crippen LogP contribution in [-0.2, 0) is 0 Å². The first-order chi connectivity index (χ1) is 13.0. The number of benzene rings is 1. The number of nitrogens with zero attached hydrogens (tertiary/aromatic N) is 5. The smallest absolute Gasteiger partial charge is 0.253 e. The summed E-state index contributed by atoms with van der Waals surface area (Å²) in [6.07, 6.45) is 0. The third-order valence-electron chi connectivity index (χ3n) is 5.08. The van der Waals surface area contributed by atoms with E-state index in [1.54, 1.807) is 0 Å². The molecule has 144 valence electrons. The summed E-state index contributed by atoms with van der Waals surface area (Å²) in [5.41, 5.74) is 3.03. The maximum atomic E-state index is 12.8. The van der Waals surface area contributed by atoms with Gasteiger partial charge in [-0.3, -0.25) is 4.79 Å². The van der Waals surface area contributed by atoms with E-state index < -0.39 is 0 Å². The Kier molecular flexibility index (Phi) is 5.94. The number of piperazine rings is 1. The average molecular weight is 367 g/mol. The van der Waals surface area contributed by atoms with Crippen LogP contribution in [0.4, 0.5) is 11.6 Å². The van der Waals surface area contributed by atoms with Gasteiger partial charge in [-0.2, -0.15) is 0 Å². The van der Waals surface area contributed by atoms with Crippen LogP contribution in [0.3, 0.4) is 0 Å². The molecule has 0 aliphatic carbocycles. The summed E-state index contributed by atoms with van der Waals surface area (Å²) < 4.78 is 0. The van der Waals surface area contributed by atoms with Crippen molar-refractivity contribution in [2.24, 2.45) is 0 Å². The quantitative estimate of drug-likeness (QED) is 0.813. The summed E-state index contributed by atoms with van der Waals surface area (Å²) in [5.74, 6) is 1.90. The van der Waals surface area contributed by atoms with Crippen LogP contribution in [0.1, 0.15) is 35.3 Å². The summed E-state index contributed by atoms with van der Waals surface area (Å²) in [5, 5.41) is 8.77. The van der Waals surface area contributed by atoms with E-state index in [0.717, 1.165) is 54.5 Å². The maximum absolute atomic E-state index is 12.8. The molecular weight excluding hydrogens is 338 g/mol. The summed E-state index contributed by atoms with van der Waals surface area (Å²) >= 11 is 0. The molecule has 27 heavy (non-hydrogen) atoms. The highest BCUT2D eigenvalue weighted by atomic mass is 16.2. The van der Waals surface area contributed by atoms with Crippen LogP contribution in [0.2, 0.25) is 0 Å². The van der Waals surface area contributed by atoms with Gasteiger partial charge in [0.1, 0.15) is 0 Å². The normalized spacial score (nSPS) is 14.4. The Morgan fingerprint density at radius 3 is 2.11 bits per heavy atom. The molecule has 0 N–H and O–H groups in total. The highest BCUT2D eigenvalue weighted by molar-refractivity contribution is 5.94. The molecule has 2 aromatic rings. The fourth-order valence-electron chi connectivity index (χ4n) is 3.62. The van der Waals surface area contributed by atoms with E-state index in [9.17, 15) is 4.79 Å². The lowest BCUT2D eigenvalue weighted by Gasteiger charge is -2.35. The molecule has 0 atom stereocenters. The Hall–Kier alpha value is -2.63. The third-order valence-corrected chi connectivity index (χ3v) is 5.08. The van der Waals surface area contributed by atoms with Crippen molar-refractivity contribution in [1.82, 2.24) is 15.1 Å². The largest absolute Gasteiger partial charge is 0.356 e. The molecule has 0 radical (unpaired) electrons. The second kappa shape index (κ2) is 8.37. The minimum absolute atomic E-state index is 0.115. The van der Waals surface area contributed by atoms with Crippen molar-refractivity contribution >= 4 is 17.5 Å². The second-order valence-corrected chi connectivity index (χ2v) is 7.08. The molecule has 0 spiro atoms. The molecule has 0 saturated carbocycles. The van der Waals surface area contributed by atoms with Gasteiger partial charge in [-0.25, -0.2) is 0 Å². The Balaban J connectivity index is 1.62. The number of aromatic nitrogens is 2. The lowest BCUT2D eigenvalue weighted by atomic mass is 10.1. The number of amides is 1. The summed E-state index contributed by atoms with van der Waals surface area (Å²) in [6, 6.07) is 10.1. The van der Waals surface area contributed by atoms with Gasteiger partial charge < -0.3 is 14.7 Å². The lowest BCUT2D eigenvalue weighted by Crippen LogP contribution is -2.49. The summed E-state index contributed by atoms with van der Waals surface area (Å²) in [6.45, 7) is 13.1. The van der Waals surface area contributed by atoms with Crippen LogP contribution in [0.5, 0.6) is 0 Å². The zero-order chi connectivity index (χ0) is 19.4. The van der Waals surface area contributed by atoms with Crippen LogP contribution in [0, 0.1) is 13.8 Å². The van der Waals surface area contributed by atoms with Gasteiger partial charge in [0.15, 0.2) is 11.6 Å². The van der Waals surface area contributed by atoms with Crippen LogP contribution in [0.15, 0.2) is 30.3 Å². The molecule has 6 nitrogen and oxygen atoms in total. The van der Waals surface area contributed by atoms with E-state index >= 15 is 0 Å². The van der Waals surface area contributed by atoms with Crippen molar-refractivity contribution in [2.45, 2.75) is 27.7 Å². The number of carbonyl (C=O) groups is 1. The monoisotopic (exact) mass is 367 g/mol. The molecule has 3 rings (SSSR count). The zero-order valence-corrected chi connectivity index (χ0v) is 16.8. The first-order valence-electron chi connectivity index (χ1n) is 9.73. The molecule has 0 bridgehead atoms. The highest BCUT2D eigenvalue weighted by Gasteiger charge is 2.23. The number of aryl methyl sites for hydroxylation is 2. The zero-order valence-electron chi connectivity index (χ0n) is 16.8. The molecule has 1 aromatic carbocycles. The van der Waals surface area contributed by atoms with Gasteiger partial charge in [0.25, 0.3) is 5.91 Å². The molecule has 1 fully saturated rings. The van der Waals surface area contributed by atoms with E-state index in [0.29, 0.717) is 13.1 Å². The number of carbonyl (C=O) groups excluding carboxylic acids is 1. The first kappa shape index (κ1) is 19.1. The molecule has 6 heteroatoms. The van der Waals surface area contributed by atoms with Gasteiger partial charge in [-0.1, -0.05) is 17.2 Å². The average Bonchev–Trinajstić information content (AvgIpc) is 2.68. The van der Waals surface area contributed by atoms with Crippen molar-refractivity contribution in [3.63, 3.8) is 0 Å². The van der Waals surface area contributed by atoms with Gasteiger partial charge in [-0.05, 0) is 52.0 Å². The van der Waals surface area contributed by atoms with Crippen molar-refractivity contribution in [3.05, 3.63) is 47.0 Å². The molecule has 1 aliphatic heterocycles. The molecule has 1 saturated heterocycles. The third kappa shape index (κ3) is 4.38. The van der Waals surface area contributed by atoms with Gasteiger partial charge in [0, 0.05) is 44.8 Å². The van der Waals surface area contributed by atoms with Crippen LogP contribution in [-0.4, -0.2) is 60.3 Å². The maximum Gasteiger partial charge on any atom is 0.253 e. The SMILES string of the molecule is CCN(CC)c1ccc(N2CCN(C(=O)c3cc(C)cc(C)c3)CC2)nn1. The molecular formula is C21H29N5O. The number of hydrogen-bond acceptors (Lipinski definition) is 5. The van der Waals surface area contributed by atoms with E-state index in [-0.39, 0.29) is 5.91 Å². The predicted octanol–water partition coefficient (Wildman–Crippen LogP) is 2.90. The van der Waals surface area contributed by atoms with Crippen LogP contribution < -0.4 is 9.80 Å². The number of anilines is 2. The fourth-order valence-corrected chi connectivity index (χ4v) is 3.62. The molecule has 1 aromatic heterocycles. The lowest BCUT2D eigenvalue weighted by molar-refractivity contribution is 0.0746. The van der Waals surface area contributed by atoms with Gasteiger partial charge >= 0.3 is 0 Å². The number of rotatable bonds is 5. The molecule has 1 amide bonds. The van der Waals surface area contributed by atoms with Crippen molar-refractivity contribution in [3.8, 4) is 0 Å². The highest BCUT2D eigenvalue weighted by Crippen LogP contribution is 2.18. The minimum Gasteiger partial charge on any atom is -0.356 e. The topological polar surface area (TPSA) is 52.6 Å². The Labute approximate surface area is 161 Å². The molecule has 0 unspecified atom stereocenters. The van der Waals surface area contributed by atoms with Crippen molar-refractivity contribution in [1.29, 1.82) is 0 Å². The molecule has 2 heterocycles. The van der Waals surface area contributed by atoms with E-state index in [2.05, 4.69) is 39.9 Å². The van der Waals surface area contributed by atoms with Crippen LogP contribution in [0.25, 0.3) is 0 Å². The minimum atomic E-state index is 0.115. The summed E-state index contributed by atoms with van der Waals surface area (Å²) in [4.78, 5) is 19.1. The first-order valence-corrected chi connectivity index (χ1v) is 9.73. The fraction of sp³-hybridized carbons (Fsp3) is 0.476. The van der Waals surface area contributed by atoms with E-state index in [1.165, 1.54) is 0 Å². The van der Waals surface area contributed by atoms with Crippen molar-refractivity contribution < 1.29 is 4.79 Å². The Bertz CT molecular complexity index is 757. The Morgan fingerprint density at radius 2 is 1.59 bits per heavy atom. The molecule has 1 aliphatic rings. The van der Waals surface area contributed by atoms with E-state index in [4.69, 9.17) is 0 Å². The Morgan fingerprint density at radius 1 is 0.963 bits per heavy atom. The van der Waals surface area contributed by atoms with Gasteiger partial charge in [-0.15, -0.1) is 10.2 Å². The standard InChI is InChI=1S/C21H29N5O/c1-5-24(6-2)19-7-8-20(23-22-19)25-9-11-26(12-10-25)21(27)18-14-16(3)13-17(4)15-18/h7-8,13-15H,5-6,9-12H2,1-4H3. The summed E-state index contributed by atoms with van der Waals surface area (Å²) in [7, 11) is 0. The second-order valence-electron chi connectivity index (χ2n) is 7.08. The van der Waals surface area contributed by atoms with Crippen molar-refractivity contribution in [2.75, 3.05) is 49.1 Å². The predicted molar refractivity (Wildman–Crippen MR) is 110 cm³/mol. The van der Waals surface area contributed by atoms with Gasteiger partial charge in [0.05, 0.1) is 0 Å².